The Morgan fingerprint density at radius 3 is 1.31 bits per heavy atom. The van der Waals surface area contributed by atoms with Gasteiger partial charge in [-0.25, -0.2) is 14.4 Å². The standard InChI is InChI=1S/C48H60O11/c1-7-12-14-19-52-40-27-34-35-28-41(54-21-16-23-56-44(49)9-3)42(53-20-15-13-8-2)30-37(35)39-32-48(59-26-18-25-58-46(51)11-5)33-47(48,6)31-38(39)36(34)29-43(40)55-22-17-24-57-45(50)10-4/h9-11,27-32H,3-5,7-8,12-26,33H2,1-2,6H3. The predicted molar refractivity (Wildman–Crippen MR) is 229 cm³/mol. The third-order valence-electron chi connectivity index (χ3n) is 10.6. The Hall–Kier alpha value is -5.29. The Balaban J connectivity index is 1.63. The molecule has 0 aromatic heterocycles. The molecule has 1 fully saturated rings. The highest BCUT2D eigenvalue weighted by atomic mass is 16.6. The summed E-state index contributed by atoms with van der Waals surface area (Å²) in [6.45, 7) is 19.6. The van der Waals surface area contributed by atoms with Crippen molar-refractivity contribution < 1.29 is 52.3 Å². The number of unbranched alkanes of at least 4 members (excludes halogenated alkanes) is 4. The zero-order valence-electron chi connectivity index (χ0n) is 35.0. The number of carbonyl (C=O) groups excluding carboxylic acids is 3. The molecule has 0 N–H and O–H groups in total. The molecule has 2 unspecified atom stereocenters. The minimum Gasteiger partial charge on any atom is -0.490 e. The SMILES string of the molecule is C=CC(=O)OCCCOc1cc2c3c(c4cc(OCCCCC)c(OCCCOC(=O)C=C)cc4c2cc1OCCCCC)=CC1(OCCCOC(=O)C=C)CC1(C)C=3. The monoisotopic (exact) mass is 812 g/mol. The summed E-state index contributed by atoms with van der Waals surface area (Å²) in [5.74, 6) is 1.03. The van der Waals surface area contributed by atoms with Crippen LogP contribution in [-0.2, 0) is 33.3 Å². The molecule has 2 aliphatic carbocycles. The zero-order valence-corrected chi connectivity index (χ0v) is 35.0. The topological polar surface area (TPSA) is 125 Å². The smallest absolute Gasteiger partial charge is 0.330 e. The van der Waals surface area contributed by atoms with Crippen LogP contribution in [0.1, 0.15) is 85.0 Å². The second kappa shape index (κ2) is 21.6. The molecule has 59 heavy (non-hydrogen) atoms. The van der Waals surface area contributed by atoms with Crippen LogP contribution in [0.5, 0.6) is 23.0 Å². The van der Waals surface area contributed by atoms with Crippen molar-refractivity contribution in [3.8, 4) is 23.0 Å². The molecular weight excluding hydrogens is 753 g/mol. The molecule has 0 aliphatic heterocycles. The molecule has 2 aliphatic rings. The third-order valence-corrected chi connectivity index (χ3v) is 10.6. The number of hydrogen-bond donors (Lipinski definition) is 0. The Bertz CT molecular complexity index is 2120. The van der Waals surface area contributed by atoms with Gasteiger partial charge in [0.25, 0.3) is 0 Å². The number of benzene rings is 3. The van der Waals surface area contributed by atoms with Gasteiger partial charge in [0.1, 0.15) is 0 Å². The van der Waals surface area contributed by atoms with Gasteiger partial charge in [0.2, 0.25) is 0 Å². The number of rotatable bonds is 28. The van der Waals surface area contributed by atoms with Crippen molar-refractivity contribution in [3.63, 3.8) is 0 Å². The quantitative estimate of drug-likeness (QED) is 0.0233. The fourth-order valence-electron chi connectivity index (χ4n) is 7.32. The van der Waals surface area contributed by atoms with Gasteiger partial charge in [-0.05, 0) is 81.6 Å². The third kappa shape index (κ3) is 11.5. The van der Waals surface area contributed by atoms with Crippen molar-refractivity contribution in [2.45, 2.75) is 90.6 Å². The molecule has 11 nitrogen and oxygen atoms in total. The second-order valence-electron chi connectivity index (χ2n) is 15.1. The van der Waals surface area contributed by atoms with Gasteiger partial charge in [0, 0.05) is 42.9 Å². The molecule has 0 spiro atoms. The molecule has 0 heterocycles. The van der Waals surface area contributed by atoms with E-state index in [9.17, 15) is 14.4 Å². The van der Waals surface area contributed by atoms with Gasteiger partial charge in [-0.3, -0.25) is 0 Å². The van der Waals surface area contributed by atoms with Gasteiger partial charge in [-0.2, -0.15) is 0 Å². The first-order valence-electron chi connectivity index (χ1n) is 21.0. The maximum Gasteiger partial charge on any atom is 0.330 e. The van der Waals surface area contributed by atoms with Crippen LogP contribution >= 0.6 is 0 Å². The summed E-state index contributed by atoms with van der Waals surface area (Å²) in [4.78, 5) is 34.9. The zero-order chi connectivity index (χ0) is 42.3. The first kappa shape index (κ1) is 44.8. The van der Waals surface area contributed by atoms with Crippen LogP contribution in [0.15, 0.2) is 62.2 Å². The molecule has 2 atom stereocenters. The van der Waals surface area contributed by atoms with E-state index < -0.39 is 23.5 Å². The van der Waals surface area contributed by atoms with E-state index >= 15 is 0 Å². The molecule has 0 amide bonds. The fourth-order valence-corrected chi connectivity index (χ4v) is 7.32. The van der Waals surface area contributed by atoms with Crippen LogP contribution in [0.25, 0.3) is 33.7 Å². The molecule has 11 heteroatoms. The molecule has 0 radical (unpaired) electrons. The number of esters is 3. The van der Waals surface area contributed by atoms with E-state index in [-0.39, 0.29) is 25.2 Å². The van der Waals surface area contributed by atoms with Gasteiger partial charge in [-0.15, -0.1) is 0 Å². The predicted octanol–water partition coefficient (Wildman–Crippen LogP) is 7.99. The van der Waals surface area contributed by atoms with Gasteiger partial charge in [0.05, 0.1) is 58.5 Å². The lowest BCUT2D eigenvalue weighted by molar-refractivity contribution is -0.139. The van der Waals surface area contributed by atoms with Crippen molar-refractivity contribution in [2.75, 3.05) is 52.9 Å². The minimum atomic E-state index is -0.548. The molecule has 0 saturated heterocycles. The highest BCUT2D eigenvalue weighted by Crippen LogP contribution is 2.62. The van der Waals surface area contributed by atoms with Gasteiger partial charge < -0.3 is 37.9 Å². The van der Waals surface area contributed by atoms with E-state index in [1.54, 1.807) is 0 Å². The Labute approximate surface area is 347 Å². The van der Waals surface area contributed by atoms with Gasteiger partial charge in [0.15, 0.2) is 23.0 Å². The summed E-state index contributed by atoms with van der Waals surface area (Å²) in [5.41, 5.74) is -0.824. The number of ether oxygens (including phenoxy) is 8. The summed E-state index contributed by atoms with van der Waals surface area (Å²) in [6, 6.07) is 8.22. The minimum absolute atomic E-state index is 0.197. The van der Waals surface area contributed by atoms with Crippen LogP contribution in [0, 0.1) is 5.41 Å². The highest BCUT2D eigenvalue weighted by Gasteiger charge is 2.64. The number of fused-ring (bicyclic) bond motifs is 7. The Kier molecular flexibility index (Phi) is 16.4. The maximum absolute atomic E-state index is 11.6. The normalized spacial score (nSPS) is 17.3. The van der Waals surface area contributed by atoms with Crippen molar-refractivity contribution in [3.05, 3.63) is 72.7 Å². The largest absolute Gasteiger partial charge is 0.490 e. The van der Waals surface area contributed by atoms with E-state index in [4.69, 9.17) is 37.9 Å². The van der Waals surface area contributed by atoms with Crippen LogP contribution in [0.3, 0.4) is 0 Å². The van der Waals surface area contributed by atoms with Gasteiger partial charge >= 0.3 is 17.9 Å². The van der Waals surface area contributed by atoms with Crippen LogP contribution in [0.2, 0.25) is 0 Å². The highest BCUT2D eigenvalue weighted by molar-refractivity contribution is 6.11. The van der Waals surface area contributed by atoms with Crippen molar-refractivity contribution >= 4 is 51.6 Å². The lowest BCUT2D eigenvalue weighted by Crippen LogP contribution is -2.37. The van der Waals surface area contributed by atoms with Crippen LogP contribution < -0.4 is 29.4 Å². The van der Waals surface area contributed by atoms with Crippen molar-refractivity contribution in [1.82, 2.24) is 0 Å². The van der Waals surface area contributed by atoms with E-state index in [0.717, 1.165) is 95.2 Å². The molecule has 318 valence electrons. The fraction of sp³-hybridized carbons (Fsp3) is 0.479. The summed E-state index contributed by atoms with van der Waals surface area (Å²) in [5, 5.41) is 5.94. The average Bonchev–Trinajstić information content (AvgIpc) is 3.86. The average molecular weight is 813 g/mol. The van der Waals surface area contributed by atoms with E-state index in [1.165, 1.54) is 0 Å². The second-order valence-corrected chi connectivity index (χ2v) is 15.1. The van der Waals surface area contributed by atoms with Crippen LogP contribution in [-0.4, -0.2) is 76.4 Å². The number of carbonyl (C=O) groups is 3. The lowest BCUT2D eigenvalue weighted by atomic mass is 9.89. The summed E-state index contributed by atoms with van der Waals surface area (Å²) >= 11 is 0. The van der Waals surface area contributed by atoms with Crippen molar-refractivity contribution in [1.29, 1.82) is 0 Å². The summed E-state index contributed by atoms with van der Waals surface area (Å²) in [6.07, 6.45) is 16.3. The van der Waals surface area contributed by atoms with E-state index in [0.29, 0.717) is 75.3 Å². The first-order chi connectivity index (χ1) is 28.6. The molecule has 3 aromatic carbocycles. The van der Waals surface area contributed by atoms with Crippen LogP contribution in [0.4, 0.5) is 0 Å². The molecule has 0 bridgehead atoms. The lowest BCUT2D eigenvalue weighted by Gasteiger charge is -2.24. The van der Waals surface area contributed by atoms with Gasteiger partial charge in [-0.1, -0.05) is 72.3 Å². The maximum atomic E-state index is 11.6. The van der Waals surface area contributed by atoms with Crippen molar-refractivity contribution in [2.24, 2.45) is 5.41 Å². The Morgan fingerprint density at radius 2 is 0.898 bits per heavy atom. The molecule has 3 aromatic rings. The number of hydrogen-bond acceptors (Lipinski definition) is 11. The molecule has 1 saturated carbocycles. The molecule has 5 rings (SSSR count). The first-order valence-corrected chi connectivity index (χ1v) is 21.0. The van der Waals surface area contributed by atoms with E-state index in [1.807, 2.05) is 6.07 Å². The molecular formula is C48H60O11. The summed E-state index contributed by atoms with van der Waals surface area (Å²) in [7, 11) is 0. The van der Waals surface area contributed by atoms with E-state index in [2.05, 4.69) is 70.9 Å². The summed E-state index contributed by atoms with van der Waals surface area (Å²) < 4.78 is 47.9. The Morgan fingerprint density at radius 1 is 0.525 bits per heavy atom.